The van der Waals surface area contributed by atoms with Gasteiger partial charge in [0, 0.05) is 26.3 Å². The predicted molar refractivity (Wildman–Crippen MR) is 68.9 cm³/mol. The number of nitrogens with zero attached hydrogens (tertiary/aromatic N) is 1. The monoisotopic (exact) mass is 231 g/mol. The van der Waals surface area contributed by atoms with Crippen molar-refractivity contribution < 1.29 is 9.47 Å². The van der Waals surface area contributed by atoms with E-state index in [1.165, 1.54) is 12.8 Å². The van der Waals surface area contributed by atoms with Crippen molar-refractivity contribution >= 4 is 0 Å². The maximum absolute atomic E-state index is 5.33. The molecule has 1 aliphatic rings. The lowest BCUT2D eigenvalue weighted by Crippen LogP contribution is -2.42. The minimum atomic E-state index is 0.162. The zero-order valence-electron chi connectivity index (χ0n) is 11.9. The Labute approximate surface area is 101 Å². The first-order valence-corrected chi connectivity index (χ1v) is 6.27. The normalized spacial score (nSPS) is 30.0. The highest BCUT2D eigenvalue weighted by atomic mass is 16.5. The highest BCUT2D eigenvalue weighted by Gasteiger charge is 2.39. The van der Waals surface area contributed by atoms with Crippen molar-refractivity contribution in [3.8, 4) is 0 Å². The van der Waals surface area contributed by atoms with Crippen molar-refractivity contribution in [1.29, 1.82) is 0 Å². The zero-order chi connectivity index (χ0) is 12.6. The fourth-order valence-corrected chi connectivity index (χ4v) is 1.87. The summed E-state index contributed by atoms with van der Waals surface area (Å²) in [6.45, 7) is 8.37. The lowest BCUT2D eigenvalue weighted by molar-refractivity contribution is 0.0640. The Morgan fingerprint density at radius 2 is 1.81 bits per heavy atom. The van der Waals surface area contributed by atoms with E-state index in [2.05, 4.69) is 32.7 Å². The van der Waals surface area contributed by atoms with E-state index in [1.807, 2.05) is 0 Å². The van der Waals surface area contributed by atoms with Crippen molar-refractivity contribution in [1.82, 2.24) is 4.90 Å². The largest absolute Gasteiger partial charge is 0.383 e. The molecule has 1 rings (SSSR count). The smallest absolute Gasteiger partial charge is 0.0716 e. The van der Waals surface area contributed by atoms with Crippen LogP contribution in [0.3, 0.4) is 0 Å². The summed E-state index contributed by atoms with van der Waals surface area (Å²) in [5.74, 6) is 0. The van der Waals surface area contributed by atoms with Crippen LogP contribution in [-0.4, -0.2) is 51.0 Å². The molecule has 16 heavy (non-hydrogen) atoms. The minimum Gasteiger partial charge on any atom is -0.383 e. The van der Waals surface area contributed by atoms with E-state index < -0.39 is 0 Å². The molecule has 0 spiro atoms. The summed E-state index contributed by atoms with van der Waals surface area (Å²) < 4.78 is 10.5. The van der Waals surface area contributed by atoms with Crippen molar-refractivity contribution in [2.75, 3.05) is 34.4 Å². The Morgan fingerprint density at radius 3 is 2.12 bits per heavy atom. The number of methoxy groups -OCH3 is 2. The first-order valence-electron chi connectivity index (χ1n) is 6.27. The summed E-state index contributed by atoms with van der Waals surface area (Å²) in [4.78, 5) is 2.31. The Morgan fingerprint density at radius 1 is 1.25 bits per heavy atom. The fourth-order valence-electron chi connectivity index (χ4n) is 1.87. The molecule has 1 saturated heterocycles. The Hall–Kier alpha value is -0.120. The van der Waals surface area contributed by atoms with Gasteiger partial charge in [0.25, 0.3) is 0 Å². The molecule has 0 amide bonds. The van der Waals surface area contributed by atoms with Crippen LogP contribution in [0.2, 0.25) is 0 Å². The quantitative estimate of drug-likeness (QED) is 0.742. The Bertz CT molecular complexity index is 173. The van der Waals surface area contributed by atoms with E-state index in [4.69, 9.17) is 9.47 Å². The van der Waals surface area contributed by atoms with Gasteiger partial charge in [-0.15, -0.1) is 0 Å². The van der Waals surface area contributed by atoms with Crippen LogP contribution in [0, 0.1) is 0 Å². The highest BCUT2D eigenvalue weighted by molar-refractivity contribution is 4.95. The first-order chi connectivity index (χ1) is 7.53. The second-order valence-electron chi connectivity index (χ2n) is 4.87. The number of rotatable bonds is 4. The number of hydrogen-bond acceptors (Lipinski definition) is 3. The van der Waals surface area contributed by atoms with Crippen LogP contribution < -0.4 is 0 Å². The van der Waals surface area contributed by atoms with Crippen LogP contribution in [0.1, 0.15) is 40.0 Å². The fraction of sp³-hybridized carbons (Fsp3) is 1.00. The van der Waals surface area contributed by atoms with Gasteiger partial charge in [-0.05, 0) is 20.4 Å². The van der Waals surface area contributed by atoms with Crippen molar-refractivity contribution in [3.63, 3.8) is 0 Å². The SMILES string of the molecule is CCCC.COC[C@]1(C)CC(OC)CN1C. The zero-order valence-corrected chi connectivity index (χ0v) is 11.9. The summed E-state index contributed by atoms with van der Waals surface area (Å²) >= 11 is 0. The third-order valence-corrected chi connectivity index (χ3v) is 3.36. The molecule has 0 bridgehead atoms. The molecule has 3 nitrogen and oxygen atoms in total. The van der Waals surface area contributed by atoms with Gasteiger partial charge in [-0.3, -0.25) is 4.90 Å². The standard InChI is InChI=1S/C9H19NO2.C4H10/c1-9(7-11-3)5-8(12-4)6-10(9)2;1-3-4-2/h8H,5-7H2,1-4H3;3-4H2,1-2H3/t8?,9-;/m0./s1. The molecule has 98 valence electrons. The predicted octanol–water partition coefficient (Wildman–Crippen LogP) is 2.55. The van der Waals surface area contributed by atoms with E-state index >= 15 is 0 Å². The van der Waals surface area contributed by atoms with Gasteiger partial charge in [-0.1, -0.05) is 26.7 Å². The van der Waals surface area contributed by atoms with Crippen LogP contribution >= 0.6 is 0 Å². The molecule has 0 aliphatic carbocycles. The second-order valence-corrected chi connectivity index (χ2v) is 4.87. The molecule has 0 aromatic heterocycles. The van der Waals surface area contributed by atoms with E-state index in [0.29, 0.717) is 6.10 Å². The number of unbranched alkanes of at least 4 members (excludes halogenated alkanes) is 1. The van der Waals surface area contributed by atoms with Gasteiger partial charge in [0.1, 0.15) is 0 Å². The minimum absolute atomic E-state index is 0.162. The average Bonchev–Trinajstić information content (AvgIpc) is 2.56. The van der Waals surface area contributed by atoms with Crippen LogP contribution in [-0.2, 0) is 9.47 Å². The number of hydrogen-bond donors (Lipinski definition) is 0. The van der Waals surface area contributed by atoms with Gasteiger partial charge in [0.2, 0.25) is 0 Å². The van der Waals surface area contributed by atoms with Gasteiger partial charge in [-0.25, -0.2) is 0 Å². The number of ether oxygens (including phenoxy) is 2. The summed E-state index contributed by atoms with van der Waals surface area (Å²) in [6, 6.07) is 0. The maximum atomic E-state index is 5.33. The molecule has 1 aliphatic heterocycles. The first kappa shape index (κ1) is 15.9. The average molecular weight is 231 g/mol. The molecule has 2 atom stereocenters. The van der Waals surface area contributed by atoms with E-state index in [0.717, 1.165) is 19.6 Å². The molecule has 0 aromatic carbocycles. The van der Waals surface area contributed by atoms with Crippen LogP contribution in [0.15, 0.2) is 0 Å². The summed E-state index contributed by atoms with van der Waals surface area (Å²) in [6.07, 6.45) is 4.07. The van der Waals surface area contributed by atoms with Crippen molar-refractivity contribution in [2.45, 2.75) is 51.7 Å². The molecule has 0 radical (unpaired) electrons. The Kier molecular flexibility index (Phi) is 7.98. The van der Waals surface area contributed by atoms with Gasteiger partial charge in [-0.2, -0.15) is 0 Å². The molecule has 0 aromatic rings. The summed E-state index contributed by atoms with van der Waals surface area (Å²) in [7, 11) is 5.65. The molecular weight excluding hydrogens is 202 g/mol. The van der Waals surface area contributed by atoms with Crippen molar-refractivity contribution in [3.05, 3.63) is 0 Å². The maximum Gasteiger partial charge on any atom is 0.0716 e. The lowest BCUT2D eigenvalue weighted by Gasteiger charge is -2.30. The highest BCUT2D eigenvalue weighted by Crippen LogP contribution is 2.28. The van der Waals surface area contributed by atoms with Gasteiger partial charge in [0.15, 0.2) is 0 Å². The summed E-state index contributed by atoms with van der Waals surface area (Å²) in [5, 5.41) is 0. The third-order valence-electron chi connectivity index (χ3n) is 3.36. The van der Waals surface area contributed by atoms with Crippen molar-refractivity contribution in [2.24, 2.45) is 0 Å². The number of likely N-dealkylation sites (tertiary alicyclic amines) is 1. The molecule has 3 heteroatoms. The van der Waals surface area contributed by atoms with E-state index in [9.17, 15) is 0 Å². The van der Waals surface area contributed by atoms with Crippen LogP contribution in [0.5, 0.6) is 0 Å². The molecule has 1 unspecified atom stereocenters. The number of likely N-dealkylation sites (N-methyl/N-ethyl adjacent to an activating group) is 1. The van der Waals surface area contributed by atoms with Gasteiger partial charge >= 0.3 is 0 Å². The summed E-state index contributed by atoms with van der Waals surface area (Å²) in [5.41, 5.74) is 0.162. The third kappa shape index (κ3) is 4.81. The molecular formula is C13H29NO2. The van der Waals surface area contributed by atoms with Crippen LogP contribution in [0.4, 0.5) is 0 Å². The molecule has 0 N–H and O–H groups in total. The second kappa shape index (κ2) is 8.04. The molecule has 1 fully saturated rings. The lowest BCUT2D eigenvalue weighted by atomic mass is 10.00. The van der Waals surface area contributed by atoms with Gasteiger partial charge < -0.3 is 9.47 Å². The molecule has 0 saturated carbocycles. The van der Waals surface area contributed by atoms with E-state index in [-0.39, 0.29) is 5.54 Å². The Balaban J connectivity index is 0.000000487. The van der Waals surface area contributed by atoms with Gasteiger partial charge in [0.05, 0.1) is 12.7 Å². The topological polar surface area (TPSA) is 21.7 Å². The van der Waals surface area contributed by atoms with Crippen LogP contribution in [0.25, 0.3) is 0 Å². The van der Waals surface area contributed by atoms with E-state index in [1.54, 1.807) is 14.2 Å². The molecule has 1 heterocycles.